The topological polar surface area (TPSA) is 60.7 Å². The van der Waals surface area contributed by atoms with Gasteiger partial charge in [0.2, 0.25) is 0 Å². The highest BCUT2D eigenvalue weighted by atomic mass is 16.3. The molecule has 4 fully saturated rings. The summed E-state index contributed by atoms with van der Waals surface area (Å²) in [5, 5.41) is 32.2. The highest BCUT2D eigenvalue weighted by Gasteiger charge is 2.66. The lowest BCUT2D eigenvalue weighted by atomic mass is 9.43. The van der Waals surface area contributed by atoms with Crippen molar-refractivity contribution < 1.29 is 15.3 Å². The Morgan fingerprint density at radius 2 is 1.68 bits per heavy atom. The lowest BCUT2D eigenvalue weighted by Crippen LogP contribution is -2.68. The third-order valence-electron chi connectivity index (χ3n) is 8.62. The van der Waals surface area contributed by atoms with E-state index in [1.807, 2.05) is 0 Å². The molecule has 0 radical (unpaired) electrons. The molecule has 0 saturated heterocycles. The second-order valence-corrected chi connectivity index (χ2v) is 9.45. The summed E-state index contributed by atoms with van der Waals surface area (Å²) in [6.07, 6.45) is 8.06. The van der Waals surface area contributed by atoms with E-state index in [-0.39, 0.29) is 5.41 Å². The molecule has 4 rings (SSSR count). The van der Waals surface area contributed by atoms with Gasteiger partial charge in [-0.05, 0) is 68.1 Å². The van der Waals surface area contributed by atoms with E-state index in [0.717, 1.165) is 25.2 Å². The van der Waals surface area contributed by atoms with Crippen molar-refractivity contribution in [2.75, 3.05) is 0 Å². The number of hydrogen-bond acceptors (Lipinski definition) is 3. The largest absolute Gasteiger partial charge is 0.393 e. The quantitative estimate of drug-likeness (QED) is 0.645. The molecule has 126 valence electrons. The summed E-state index contributed by atoms with van der Waals surface area (Å²) in [6, 6.07) is 0. The fourth-order valence-corrected chi connectivity index (χ4v) is 7.25. The van der Waals surface area contributed by atoms with E-state index in [1.165, 1.54) is 32.1 Å². The molecule has 3 unspecified atom stereocenters. The first-order chi connectivity index (χ1) is 10.3. The molecule has 8 atom stereocenters. The lowest BCUT2D eigenvalue weighted by molar-refractivity contribution is -0.263. The van der Waals surface area contributed by atoms with Gasteiger partial charge in [-0.1, -0.05) is 20.3 Å². The smallest absolute Gasteiger partial charge is 0.0985 e. The van der Waals surface area contributed by atoms with E-state index >= 15 is 0 Å². The van der Waals surface area contributed by atoms with E-state index in [1.54, 1.807) is 0 Å². The van der Waals surface area contributed by atoms with E-state index in [0.29, 0.717) is 23.7 Å². The molecule has 0 aliphatic heterocycles. The van der Waals surface area contributed by atoms with Gasteiger partial charge in [0.05, 0.1) is 17.8 Å². The zero-order chi connectivity index (χ0) is 15.8. The van der Waals surface area contributed by atoms with Crippen LogP contribution in [0.4, 0.5) is 0 Å². The Morgan fingerprint density at radius 3 is 2.45 bits per heavy atom. The van der Waals surface area contributed by atoms with Gasteiger partial charge in [0, 0.05) is 11.8 Å². The monoisotopic (exact) mass is 308 g/mol. The zero-order valence-corrected chi connectivity index (χ0v) is 14.1. The molecule has 0 aromatic heterocycles. The molecule has 0 amide bonds. The zero-order valence-electron chi connectivity index (χ0n) is 14.1. The molecule has 4 aliphatic carbocycles. The van der Waals surface area contributed by atoms with Gasteiger partial charge < -0.3 is 15.3 Å². The van der Waals surface area contributed by atoms with Crippen LogP contribution in [0.25, 0.3) is 0 Å². The van der Waals surface area contributed by atoms with Gasteiger partial charge in [-0.2, -0.15) is 0 Å². The van der Waals surface area contributed by atoms with Crippen LogP contribution in [0.1, 0.15) is 71.6 Å². The first kappa shape index (κ1) is 15.4. The highest BCUT2D eigenvalue weighted by molar-refractivity contribution is 5.16. The molecule has 3 nitrogen and oxygen atoms in total. The maximum absolute atomic E-state index is 11.3. The minimum absolute atomic E-state index is 0.224. The minimum Gasteiger partial charge on any atom is -0.393 e. The van der Waals surface area contributed by atoms with Gasteiger partial charge in [0.25, 0.3) is 0 Å². The normalized spacial score (nSPS) is 61.2. The van der Waals surface area contributed by atoms with Crippen molar-refractivity contribution in [3.05, 3.63) is 0 Å². The summed E-state index contributed by atoms with van der Waals surface area (Å²) < 4.78 is 0. The van der Waals surface area contributed by atoms with E-state index < -0.39 is 17.8 Å². The Hall–Kier alpha value is -0.120. The summed E-state index contributed by atoms with van der Waals surface area (Å²) in [6.45, 7) is 4.66. The molecule has 0 aromatic rings. The summed E-state index contributed by atoms with van der Waals surface area (Å²) in [7, 11) is 0. The number of hydrogen-bond donors (Lipinski definition) is 3. The second-order valence-electron chi connectivity index (χ2n) is 9.45. The van der Waals surface area contributed by atoms with E-state index in [4.69, 9.17) is 0 Å². The second kappa shape index (κ2) is 4.70. The fourth-order valence-electron chi connectivity index (χ4n) is 7.25. The third-order valence-corrected chi connectivity index (χ3v) is 8.62. The van der Waals surface area contributed by atoms with Crippen LogP contribution < -0.4 is 0 Å². The molecular formula is C19H32O3. The van der Waals surface area contributed by atoms with Crippen molar-refractivity contribution >= 4 is 0 Å². The number of aliphatic hydroxyl groups is 3. The predicted molar refractivity (Wildman–Crippen MR) is 85.2 cm³/mol. The lowest BCUT2D eigenvalue weighted by Gasteiger charge is -2.65. The van der Waals surface area contributed by atoms with Crippen LogP contribution in [0.3, 0.4) is 0 Å². The number of fused-ring (bicyclic) bond motifs is 5. The Balaban J connectivity index is 1.71. The molecule has 0 bridgehead atoms. The molecule has 4 saturated carbocycles. The van der Waals surface area contributed by atoms with Gasteiger partial charge in [0.15, 0.2) is 0 Å². The van der Waals surface area contributed by atoms with Crippen LogP contribution in [0, 0.1) is 28.6 Å². The van der Waals surface area contributed by atoms with Crippen LogP contribution in [-0.2, 0) is 0 Å². The molecule has 3 N–H and O–H groups in total. The van der Waals surface area contributed by atoms with Crippen LogP contribution in [0.5, 0.6) is 0 Å². The number of aliphatic hydroxyl groups excluding tert-OH is 2. The Kier molecular flexibility index (Phi) is 3.30. The predicted octanol–water partition coefficient (Wildman–Crippen LogP) is 2.87. The van der Waals surface area contributed by atoms with Crippen LogP contribution in [0.15, 0.2) is 0 Å². The maximum atomic E-state index is 11.3. The molecule has 0 aromatic carbocycles. The van der Waals surface area contributed by atoms with Crippen molar-refractivity contribution in [3.63, 3.8) is 0 Å². The van der Waals surface area contributed by atoms with Crippen molar-refractivity contribution in [2.45, 2.75) is 89.4 Å². The first-order valence-electron chi connectivity index (χ1n) is 9.39. The van der Waals surface area contributed by atoms with Crippen molar-refractivity contribution in [1.29, 1.82) is 0 Å². The summed E-state index contributed by atoms with van der Waals surface area (Å²) in [4.78, 5) is 0. The minimum atomic E-state index is -1.09. The Bertz CT molecular complexity index is 466. The van der Waals surface area contributed by atoms with Gasteiger partial charge in [-0.3, -0.25) is 0 Å². The van der Waals surface area contributed by atoms with Gasteiger partial charge in [0.1, 0.15) is 0 Å². The molecule has 3 heteroatoms. The van der Waals surface area contributed by atoms with Crippen LogP contribution in [-0.4, -0.2) is 33.1 Å². The van der Waals surface area contributed by atoms with Crippen molar-refractivity contribution in [2.24, 2.45) is 28.6 Å². The summed E-state index contributed by atoms with van der Waals surface area (Å²) in [5.41, 5.74) is -0.836. The van der Waals surface area contributed by atoms with Crippen LogP contribution >= 0.6 is 0 Å². The standard InChI is InChI=1S/C19H32O3/c1-17-7-3-4-14(17)13-10-16(21)19(22)11-12(20)5-9-18(19,2)15(13)6-8-17/h12-16,20-22H,3-11H2,1-2H3/t12?,13-,14-,15-,16?,17-,18+,19?/m0/s1. The third kappa shape index (κ3) is 1.79. The first-order valence-corrected chi connectivity index (χ1v) is 9.39. The van der Waals surface area contributed by atoms with Crippen molar-refractivity contribution in [3.8, 4) is 0 Å². The van der Waals surface area contributed by atoms with Crippen molar-refractivity contribution in [1.82, 2.24) is 0 Å². The Morgan fingerprint density at radius 1 is 0.909 bits per heavy atom. The SMILES string of the molecule is C[C@@]12CCC[C@H]1[C@@H]1CC(O)C3(O)CC(O)CC[C@]3(C)[C@H]1CC2. The summed E-state index contributed by atoms with van der Waals surface area (Å²) in [5.74, 6) is 1.82. The summed E-state index contributed by atoms with van der Waals surface area (Å²) >= 11 is 0. The molecular weight excluding hydrogens is 276 g/mol. The van der Waals surface area contributed by atoms with E-state index in [9.17, 15) is 15.3 Å². The molecule has 0 spiro atoms. The molecule has 4 aliphatic rings. The van der Waals surface area contributed by atoms with Crippen LogP contribution in [0.2, 0.25) is 0 Å². The molecule has 0 heterocycles. The average molecular weight is 308 g/mol. The number of rotatable bonds is 0. The van der Waals surface area contributed by atoms with Gasteiger partial charge in [-0.25, -0.2) is 0 Å². The van der Waals surface area contributed by atoms with Gasteiger partial charge in [-0.15, -0.1) is 0 Å². The van der Waals surface area contributed by atoms with Gasteiger partial charge >= 0.3 is 0 Å². The average Bonchev–Trinajstić information content (AvgIpc) is 2.84. The highest BCUT2D eigenvalue weighted by Crippen LogP contribution is 2.67. The van der Waals surface area contributed by atoms with E-state index in [2.05, 4.69) is 13.8 Å². The maximum Gasteiger partial charge on any atom is 0.0985 e. The fraction of sp³-hybridized carbons (Fsp3) is 1.00. The molecule has 22 heavy (non-hydrogen) atoms. The Labute approximate surface area is 134 Å².